The molecule has 3 nitrogen and oxygen atoms in total. The molecule has 0 fully saturated rings. The van der Waals surface area contributed by atoms with Crippen LogP contribution in [0.2, 0.25) is 0 Å². The number of hydrogen-bond donors (Lipinski definition) is 0. The Kier molecular flexibility index (Phi) is 6.32. The Morgan fingerprint density at radius 1 is 0.349 bits per heavy atom. The van der Waals surface area contributed by atoms with Gasteiger partial charge in [-0.3, -0.25) is 0 Å². The monoisotopic (exact) mass is 567 g/mol. The quantitative estimate of drug-likeness (QED) is 0.208. The van der Waals surface area contributed by atoms with Gasteiger partial charge in [0.05, 0.1) is 0 Å². The normalized spacial score (nSPS) is 11.3. The molecule has 0 atom stereocenters. The highest BCUT2D eigenvalue weighted by Gasteiger charge is 2.17. The molecule has 0 aliphatic carbocycles. The topological polar surface area (TPSA) is 38.7 Å². The first kappa shape index (κ1) is 25.3. The number of fused-ring (bicyclic) bond motifs is 3. The lowest BCUT2D eigenvalue weighted by molar-refractivity contribution is 1.08. The van der Waals surface area contributed by atoms with Crippen LogP contribution >= 0.6 is 11.3 Å². The summed E-state index contributed by atoms with van der Waals surface area (Å²) in [5.41, 5.74) is 7.54. The highest BCUT2D eigenvalue weighted by Crippen LogP contribution is 2.39. The van der Waals surface area contributed by atoms with Crippen LogP contribution in [0.3, 0.4) is 0 Å². The molecule has 43 heavy (non-hydrogen) atoms. The van der Waals surface area contributed by atoms with E-state index in [9.17, 15) is 0 Å². The van der Waals surface area contributed by atoms with Gasteiger partial charge < -0.3 is 0 Å². The highest BCUT2D eigenvalue weighted by atomic mass is 32.1. The Bertz CT molecular complexity index is 2220. The maximum Gasteiger partial charge on any atom is 0.164 e. The molecular formula is C39H25N3S. The van der Waals surface area contributed by atoms with Crippen molar-refractivity contribution in [3.8, 4) is 56.4 Å². The predicted molar refractivity (Wildman–Crippen MR) is 180 cm³/mol. The van der Waals surface area contributed by atoms with Gasteiger partial charge in [-0.05, 0) is 40.5 Å². The van der Waals surface area contributed by atoms with E-state index in [2.05, 4.69) is 140 Å². The summed E-state index contributed by atoms with van der Waals surface area (Å²) in [5, 5.41) is 2.41. The largest absolute Gasteiger partial charge is 0.208 e. The average Bonchev–Trinajstić information content (AvgIpc) is 3.48. The lowest BCUT2D eigenvalue weighted by Gasteiger charge is -2.11. The third-order valence-electron chi connectivity index (χ3n) is 7.76. The average molecular weight is 568 g/mol. The Labute approximate surface area is 253 Å². The minimum atomic E-state index is 0.654. The zero-order valence-corrected chi connectivity index (χ0v) is 24.0. The number of rotatable bonds is 5. The molecule has 0 unspecified atom stereocenters. The first-order valence-corrected chi connectivity index (χ1v) is 15.1. The minimum Gasteiger partial charge on any atom is -0.208 e. The van der Waals surface area contributed by atoms with Crippen molar-refractivity contribution in [1.82, 2.24) is 15.0 Å². The fraction of sp³-hybridized carbons (Fsp3) is 0. The summed E-state index contributed by atoms with van der Waals surface area (Å²) in [4.78, 5) is 15.3. The van der Waals surface area contributed by atoms with Crippen LogP contribution in [0.1, 0.15) is 0 Å². The summed E-state index contributed by atoms with van der Waals surface area (Å²) in [6, 6.07) is 52.7. The molecule has 6 aromatic carbocycles. The predicted octanol–water partition coefficient (Wildman–Crippen LogP) is 10.6. The summed E-state index contributed by atoms with van der Waals surface area (Å²) < 4.78 is 2.48. The molecule has 2 aromatic heterocycles. The van der Waals surface area contributed by atoms with Gasteiger partial charge in [0.15, 0.2) is 17.5 Å². The second kappa shape index (κ2) is 10.8. The number of hydrogen-bond acceptors (Lipinski definition) is 4. The Morgan fingerprint density at radius 3 is 1.63 bits per heavy atom. The van der Waals surface area contributed by atoms with Crippen molar-refractivity contribution >= 4 is 31.5 Å². The first-order chi connectivity index (χ1) is 21.3. The molecule has 0 saturated heterocycles. The van der Waals surface area contributed by atoms with Crippen molar-refractivity contribution in [2.75, 3.05) is 0 Å². The zero-order chi connectivity index (χ0) is 28.6. The maximum absolute atomic E-state index is 5.12. The van der Waals surface area contributed by atoms with Crippen LogP contribution in [0, 0.1) is 0 Å². The van der Waals surface area contributed by atoms with Crippen molar-refractivity contribution < 1.29 is 0 Å². The van der Waals surface area contributed by atoms with Crippen molar-refractivity contribution in [2.24, 2.45) is 0 Å². The fourth-order valence-electron chi connectivity index (χ4n) is 5.63. The molecule has 8 rings (SSSR count). The van der Waals surface area contributed by atoms with E-state index in [-0.39, 0.29) is 0 Å². The number of thiophene rings is 1. The van der Waals surface area contributed by atoms with Crippen LogP contribution in [0.25, 0.3) is 76.6 Å². The molecular weight excluding hydrogens is 543 g/mol. The van der Waals surface area contributed by atoms with Crippen LogP contribution in [-0.4, -0.2) is 15.0 Å². The second-order valence-electron chi connectivity index (χ2n) is 10.5. The maximum atomic E-state index is 5.12. The lowest BCUT2D eigenvalue weighted by Crippen LogP contribution is -2.00. The summed E-state index contributed by atoms with van der Waals surface area (Å²) in [6.07, 6.45) is 0. The fourth-order valence-corrected chi connectivity index (χ4v) is 6.76. The molecule has 0 aliphatic rings. The van der Waals surface area contributed by atoms with Gasteiger partial charge in [-0.15, -0.1) is 11.3 Å². The zero-order valence-electron chi connectivity index (χ0n) is 23.2. The Hall–Kier alpha value is -5.45. The third kappa shape index (κ3) is 4.78. The first-order valence-electron chi connectivity index (χ1n) is 14.3. The Morgan fingerprint density at radius 2 is 0.860 bits per heavy atom. The van der Waals surface area contributed by atoms with Crippen molar-refractivity contribution in [2.45, 2.75) is 0 Å². The molecule has 0 spiro atoms. The van der Waals surface area contributed by atoms with E-state index >= 15 is 0 Å². The van der Waals surface area contributed by atoms with Gasteiger partial charge >= 0.3 is 0 Å². The van der Waals surface area contributed by atoms with Crippen molar-refractivity contribution in [3.05, 3.63) is 152 Å². The molecule has 0 N–H and O–H groups in total. The highest BCUT2D eigenvalue weighted by molar-refractivity contribution is 7.25. The smallest absolute Gasteiger partial charge is 0.164 e. The molecule has 0 saturated carbocycles. The third-order valence-corrected chi connectivity index (χ3v) is 8.89. The molecule has 2 heterocycles. The summed E-state index contributed by atoms with van der Waals surface area (Å²) in [6.45, 7) is 0. The van der Waals surface area contributed by atoms with E-state index in [1.807, 2.05) is 12.1 Å². The van der Waals surface area contributed by atoms with E-state index in [1.54, 1.807) is 11.3 Å². The van der Waals surface area contributed by atoms with E-state index in [4.69, 9.17) is 15.0 Å². The summed E-state index contributed by atoms with van der Waals surface area (Å²) >= 11 is 1.80. The molecule has 0 radical (unpaired) electrons. The number of aromatic nitrogens is 3. The van der Waals surface area contributed by atoms with Gasteiger partial charge in [0.2, 0.25) is 0 Å². The van der Waals surface area contributed by atoms with E-state index in [1.165, 1.54) is 25.7 Å². The van der Waals surface area contributed by atoms with Gasteiger partial charge in [-0.2, -0.15) is 0 Å². The SMILES string of the molecule is c1ccc(-c2ccc(-c3nc(-c4cccc(-c5ccccc5)c4)nc(-c4cccc5sc6ccccc6c45)n3)cc2)cc1. The summed E-state index contributed by atoms with van der Waals surface area (Å²) in [5.74, 6) is 1.98. The summed E-state index contributed by atoms with van der Waals surface area (Å²) in [7, 11) is 0. The molecule has 0 bridgehead atoms. The van der Waals surface area contributed by atoms with Crippen LogP contribution in [0.15, 0.2) is 152 Å². The number of nitrogens with zero attached hydrogens (tertiary/aromatic N) is 3. The minimum absolute atomic E-state index is 0.654. The molecule has 0 amide bonds. The standard InChI is InChI=1S/C39H25N3S/c1-3-11-26(12-4-1)28-21-23-29(24-22-28)37-40-38(31-16-9-15-30(25-31)27-13-5-2-6-14-27)42-39(41-37)33-18-10-20-35-36(33)32-17-7-8-19-34(32)43-35/h1-25H. The van der Waals surface area contributed by atoms with Gasteiger partial charge in [0.25, 0.3) is 0 Å². The van der Waals surface area contributed by atoms with Crippen LogP contribution < -0.4 is 0 Å². The van der Waals surface area contributed by atoms with Crippen molar-refractivity contribution in [3.63, 3.8) is 0 Å². The molecule has 202 valence electrons. The van der Waals surface area contributed by atoms with Crippen LogP contribution in [0.4, 0.5) is 0 Å². The van der Waals surface area contributed by atoms with Crippen LogP contribution in [0.5, 0.6) is 0 Å². The lowest BCUT2D eigenvalue weighted by atomic mass is 10.0. The van der Waals surface area contributed by atoms with E-state index in [0.717, 1.165) is 33.4 Å². The molecule has 0 aliphatic heterocycles. The second-order valence-corrected chi connectivity index (χ2v) is 11.6. The molecule has 4 heteroatoms. The van der Waals surface area contributed by atoms with Crippen LogP contribution in [-0.2, 0) is 0 Å². The number of benzene rings is 6. The van der Waals surface area contributed by atoms with Gasteiger partial charge in [-0.1, -0.05) is 133 Å². The van der Waals surface area contributed by atoms with E-state index < -0.39 is 0 Å². The van der Waals surface area contributed by atoms with Crippen molar-refractivity contribution in [1.29, 1.82) is 0 Å². The van der Waals surface area contributed by atoms with E-state index in [0.29, 0.717) is 17.5 Å². The van der Waals surface area contributed by atoms with Gasteiger partial charge in [0, 0.05) is 36.9 Å². The van der Waals surface area contributed by atoms with Gasteiger partial charge in [-0.25, -0.2) is 15.0 Å². The van der Waals surface area contributed by atoms with Gasteiger partial charge in [0.1, 0.15) is 0 Å². The Balaban J connectivity index is 1.32. The molecule has 8 aromatic rings.